The molecule has 3 rings (SSSR count). The van der Waals surface area contributed by atoms with E-state index in [-0.39, 0.29) is 15.5 Å². The fourth-order valence-electron chi connectivity index (χ4n) is 2.37. The molecule has 0 aliphatic carbocycles. The van der Waals surface area contributed by atoms with Gasteiger partial charge in [-0.1, -0.05) is 12.1 Å². The maximum Gasteiger partial charge on any atom is 0.398 e. The van der Waals surface area contributed by atoms with E-state index in [0.29, 0.717) is 30.5 Å². The predicted octanol–water partition coefficient (Wildman–Crippen LogP) is 4.08. The predicted molar refractivity (Wildman–Crippen MR) is 89.7 cm³/mol. The van der Waals surface area contributed by atoms with E-state index >= 15 is 0 Å². The van der Waals surface area contributed by atoms with Crippen molar-refractivity contribution < 1.29 is 26.3 Å². The summed E-state index contributed by atoms with van der Waals surface area (Å²) in [6.45, 7) is 0.503. The van der Waals surface area contributed by atoms with Crippen LogP contribution in [0.3, 0.4) is 0 Å². The van der Waals surface area contributed by atoms with Crippen LogP contribution in [0.5, 0.6) is 5.75 Å². The number of thioether (sulfide) groups is 1. The molecule has 1 aliphatic rings. The molecular weight excluding hydrogens is 375 g/mol. The van der Waals surface area contributed by atoms with Crippen molar-refractivity contribution in [2.24, 2.45) is 0 Å². The third kappa shape index (κ3) is 4.40. The second-order valence-electron chi connectivity index (χ2n) is 5.37. The van der Waals surface area contributed by atoms with Crippen LogP contribution in [0.25, 0.3) is 0 Å². The first kappa shape index (κ1) is 17.9. The fraction of sp³-hybridized carbons (Fsp3) is 0.250. The van der Waals surface area contributed by atoms with Crippen LogP contribution >= 0.6 is 11.8 Å². The van der Waals surface area contributed by atoms with Crippen molar-refractivity contribution in [2.45, 2.75) is 22.4 Å². The number of fused-ring (bicyclic) bond motifs is 1. The third-order valence-electron chi connectivity index (χ3n) is 3.49. The number of benzene rings is 2. The Morgan fingerprint density at radius 2 is 1.92 bits per heavy atom. The lowest BCUT2D eigenvalue weighted by molar-refractivity contribution is -0.105. The summed E-state index contributed by atoms with van der Waals surface area (Å²) in [6.07, 6.45) is -3.71. The average molecular weight is 389 g/mol. The number of rotatable bonds is 5. The number of hydrogen-bond donors (Lipinski definition) is 1. The monoisotopic (exact) mass is 389 g/mol. The summed E-state index contributed by atoms with van der Waals surface area (Å²) in [5.41, 5.74) is 0.913. The Morgan fingerprint density at radius 1 is 1.16 bits per heavy atom. The molecule has 0 amide bonds. The molecule has 4 nitrogen and oxygen atoms in total. The van der Waals surface area contributed by atoms with Gasteiger partial charge in [-0.15, -0.1) is 11.8 Å². The molecule has 134 valence electrons. The molecule has 1 N–H and O–H groups in total. The van der Waals surface area contributed by atoms with Gasteiger partial charge in [-0.25, -0.2) is 8.42 Å². The van der Waals surface area contributed by atoms with Crippen molar-refractivity contribution in [3.05, 3.63) is 48.0 Å². The van der Waals surface area contributed by atoms with Crippen molar-refractivity contribution in [1.82, 2.24) is 0 Å². The lowest BCUT2D eigenvalue weighted by Gasteiger charge is -2.13. The van der Waals surface area contributed by atoms with Gasteiger partial charge in [-0.05, 0) is 35.9 Å². The first-order chi connectivity index (χ1) is 11.7. The van der Waals surface area contributed by atoms with Gasteiger partial charge in [0.05, 0.1) is 22.9 Å². The van der Waals surface area contributed by atoms with Crippen molar-refractivity contribution >= 4 is 27.5 Å². The van der Waals surface area contributed by atoms with E-state index in [9.17, 15) is 21.6 Å². The summed E-state index contributed by atoms with van der Waals surface area (Å²) in [6, 6.07) is 10.5. The van der Waals surface area contributed by atoms with Gasteiger partial charge >= 0.3 is 6.18 Å². The normalized spacial score (nSPS) is 14.0. The smallest absolute Gasteiger partial charge is 0.398 e. The molecule has 0 saturated heterocycles. The largest absolute Gasteiger partial charge is 0.493 e. The molecule has 2 aromatic rings. The standard InChI is InChI=1S/C16H14F3NO3S2/c17-16(18,19)10-24-15-4-2-1-3-13(15)20-25(21,22)12-5-6-14-11(9-12)7-8-23-14/h1-6,9,20H,7-8,10H2. The molecule has 0 atom stereocenters. The van der Waals surface area contributed by atoms with Crippen LogP contribution in [0.4, 0.5) is 18.9 Å². The second kappa shape index (κ2) is 6.80. The summed E-state index contributed by atoms with van der Waals surface area (Å²) in [5.74, 6) is -0.442. The van der Waals surface area contributed by atoms with E-state index in [1.807, 2.05) is 0 Å². The van der Waals surface area contributed by atoms with Crippen molar-refractivity contribution in [1.29, 1.82) is 0 Å². The highest BCUT2D eigenvalue weighted by Gasteiger charge is 2.28. The first-order valence-electron chi connectivity index (χ1n) is 7.32. The highest BCUT2D eigenvalue weighted by Crippen LogP contribution is 2.34. The zero-order valence-electron chi connectivity index (χ0n) is 12.8. The number of alkyl halides is 3. The Balaban J connectivity index is 1.84. The van der Waals surface area contributed by atoms with Gasteiger partial charge in [-0.3, -0.25) is 4.72 Å². The minimum Gasteiger partial charge on any atom is -0.493 e. The molecule has 2 aromatic carbocycles. The molecule has 0 fully saturated rings. The van der Waals surface area contributed by atoms with E-state index < -0.39 is 22.0 Å². The number of hydrogen-bond acceptors (Lipinski definition) is 4. The molecular formula is C16H14F3NO3S2. The highest BCUT2D eigenvalue weighted by atomic mass is 32.2. The lowest BCUT2D eigenvalue weighted by Crippen LogP contribution is -2.14. The Bertz CT molecular complexity index is 882. The minimum absolute atomic E-state index is 0.0485. The SMILES string of the molecule is O=S(=O)(Nc1ccccc1SCC(F)(F)F)c1ccc2c(c1)CCO2. The Morgan fingerprint density at radius 3 is 2.68 bits per heavy atom. The number of para-hydroxylation sites is 1. The third-order valence-corrected chi connectivity index (χ3v) is 6.00. The van der Waals surface area contributed by atoms with Gasteiger partial charge < -0.3 is 4.74 Å². The molecule has 0 spiro atoms. The van der Waals surface area contributed by atoms with Crippen molar-refractivity contribution in [2.75, 3.05) is 17.1 Å². The molecule has 0 saturated carbocycles. The van der Waals surface area contributed by atoms with E-state index in [0.717, 1.165) is 5.56 Å². The Kier molecular flexibility index (Phi) is 4.88. The van der Waals surface area contributed by atoms with Crippen LogP contribution in [0.2, 0.25) is 0 Å². The summed E-state index contributed by atoms with van der Waals surface area (Å²) in [5, 5.41) is 0. The van der Waals surface area contributed by atoms with Gasteiger partial charge in [0.15, 0.2) is 0 Å². The van der Waals surface area contributed by atoms with E-state index in [2.05, 4.69) is 4.72 Å². The molecule has 0 bridgehead atoms. The zero-order valence-corrected chi connectivity index (χ0v) is 14.5. The molecule has 1 heterocycles. The Labute approximate surface area is 147 Å². The van der Waals surface area contributed by atoms with Crippen molar-refractivity contribution in [3.8, 4) is 5.75 Å². The number of halogens is 3. The van der Waals surface area contributed by atoms with E-state index in [1.54, 1.807) is 18.2 Å². The van der Waals surface area contributed by atoms with Gasteiger partial charge in [0, 0.05) is 11.3 Å². The minimum atomic E-state index is -4.34. The number of sulfonamides is 1. The molecule has 0 radical (unpaired) electrons. The highest BCUT2D eigenvalue weighted by molar-refractivity contribution is 7.99. The summed E-state index contributed by atoms with van der Waals surface area (Å²) >= 11 is 0.538. The van der Waals surface area contributed by atoms with Crippen molar-refractivity contribution in [3.63, 3.8) is 0 Å². The maximum atomic E-state index is 12.6. The zero-order chi connectivity index (χ0) is 18.1. The summed E-state index contributed by atoms with van der Waals surface area (Å²) in [4.78, 5) is 0.264. The molecule has 0 unspecified atom stereocenters. The van der Waals surface area contributed by atoms with Gasteiger partial charge in [0.2, 0.25) is 0 Å². The Hall–Kier alpha value is -1.87. The number of anilines is 1. The second-order valence-corrected chi connectivity index (χ2v) is 8.07. The lowest BCUT2D eigenvalue weighted by atomic mass is 10.2. The van der Waals surface area contributed by atoms with Crippen LogP contribution in [-0.2, 0) is 16.4 Å². The summed E-state index contributed by atoms with van der Waals surface area (Å²) < 4.78 is 70.2. The fourth-order valence-corrected chi connectivity index (χ4v) is 4.33. The van der Waals surface area contributed by atoms with Crippen LogP contribution < -0.4 is 9.46 Å². The molecule has 0 aromatic heterocycles. The quantitative estimate of drug-likeness (QED) is 0.783. The maximum absolute atomic E-state index is 12.6. The number of nitrogens with one attached hydrogen (secondary N) is 1. The van der Waals surface area contributed by atoms with Crippen LogP contribution in [0.1, 0.15) is 5.56 Å². The van der Waals surface area contributed by atoms with E-state index in [4.69, 9.17) is 4.74 Å². The van der Waals surface area contributed by atoms with Gasteiger partial charge in [0.25, 0.3) is 10.0 Å². The molecule has 9 heteroatoms. The van der Waals surface area contributed by atoms with E-state index in [1.165, 1.54) is 24.3 Å². The molecule has 25 heavy (non-hydrogen) atoms. The molecule has 1 aliphatic heterocycles. The number of ether oxygens (including phenoxy) is 1. The topological polar surface area (TPSA) is 55.4 Å². The average Bonchev–Trinajstić information content (AvgIpc) is 3.00. The summed E-state index contributed by atoms with van der Waals surface area (Å²) in [7, 11) is -3.91. The van der Waals surface area contributed by atoms with Crippen LogP contribution in [-0.4, -0.2) is 27.0 Å². The van der Waals surface area contributed by atoms with Gasteiger partial charge in [-0.2, -0.15) is 13.2 Å². The van der Waals surface area contributed by atoms with Gasteiger partial charge in [0.1, 0.15) is 5.75 Å². The van der Waals surface area contributed by atoms with Crippen LogP contribution in [0.15, 0.2) is 52.3 Å². The van der Waals surface area contributed by atoms with Crippen LogP contribution in [0, 0.1) is 0 Å². The first-order valence-corrected chi connectivity index (χ1v) is 9.79.